The predicted octanol–water partition coefficient (Wildman–Crippen LogP) is 1.15. The number of para-hydroxylation sites is 1. The first-order chi connectivity index (χ1) is 7.93. The molecule has 94 valence electrons. The zero-order chi connectivity index (χ0) is 13.0. The van der Waals surface area contributed by atoms with Crippen molar-refractivity contribution in [3.63, 3.8) is 0 Å². The molecule has 5 nitrogen and oxygen atoms in total. The van der Waals surface area contributed by atoms with Gasteiger partial charge in [0.2, 0.25) is 0 Å². The summed E-state index contributed by atoms with van der Waals surface area (Å²) >= 11 is 0. The highest BCUT2D eigenvalue weighted by Crippen LogP contribution is 2.23. The summed E-state index contributed by atoms with van der Waals surface area (Å²) in [6, 6.07) is 4.70. The lowest BCUT2D eigenvalue weighted by Crippen LogP contribution is -2.22. The molecule has 0 heterocycles. The molecule has 0 fully saturated rings. The second-order valence-electron chi connectivity index (χ2n) is 3.77. The summed E-state index contributed by atoms with van der Waals surface area (Å²) in [5.41, 5.74) is 6.60. The minimum atomic E-state index is -1.04. The molecule has 0 aliphatic carbocycles. The van der Waals surface area contributed by atoms with Crippen LogP contribution in [0.5, 0.6) is 0 Å². The fourth-order valence-electron chi connectivity index (χ4n) is 1.31. The summed E-state index contributed by atoms with van der Waals surface area (Å²) in [4.78, 5) is 11.0. The third kappa shape index (κ3) is 3.45. The van der Waals surface area contributed by atoms with E-state index < -0.39 is 16.8 Å². The lowest BCUT2D eigenvalue weighted by Gasteiger charge is -2.14. The smallest absolute Gasteiger partial charge is 0.337 e. The van der Waals surface area contributed by atoms with Gasteiger partial charge in [0.05, 0.1) is 16.9 Å². The average molecular weight is 256 g/mol. The van der Waals surface area contributed by atoms with E-state index in [1.807, 2.05) is 6.92 Å². The second-order valence-corrected chi connectivity index (χ2v) is 5.57. The molecular formula is C11H16N2O3S. The Bertz CT molecular complexity index is 448. The molecule has 0 aliphatic heterocycles. The predicted molar refractivity (Wildman–Crippen MR) is 69.8 cm³/mol. The van der Waals surface area contributed by atoms with E-state index in [9.17, 15) is 9.00 Å². The number of carbonyl (C=O) groups is 1. The highest BCUT2D eigenvalue weighted by Gasteiger charge is 2.14. The molecule has 1 aromatic rings. The van der Waals surface area contributed by atoms with Gasteiger partial charge in [0, 0.05) is 28.9 Å². The van der Waals surface area contributed by atoms with Gasteiger partial charge in [0.25, 0.3) is 0 Å². The summed E-state index contributed by atoms with van der Waals surface area (Å²) < 4.78 is 11.2. The van der Waals surface area contributed by atoms with Crippen LogP contribution < -0.4 is 11.1 Å². The van der Waals surface area contributed by atoms with Gasteiger partial charge >= 0.3 is 5.97 Å². The lowest BCUT2D eigenvalue weighted by atomic mass is 10.1. The van der Waals surface area contributed by atoms with Gasteiger partial charge in [-0.2, -0.15) is 0 Å². The van der Waals surface area contributed by atoms with E-state index >= 15 is 0 Å². The molecular weight excluding hydrogens is 240 g/mol. The molecule has 0 radical (unpaired) electrons. The minimum Gasteiger partial charge on any atom is -0.478 e. The molecule has 2 unspecified atom stereocenters. The number of carboxylic acid groups (broad SMARTS) is 1. The van der Waals surface area contributed by atoms with Crippen molar-refractivity contribution in [1.29, 1.82) is 0 Å². The molecule has 2 atom stereocenters. The minimum absolute atomic E-state index is 0.0729. The maximum Gasteiger partial charge on any atom is 0.337 e. The van der Waals surface area contributed by atoms with Crippen molar-refractivity contribution in [3.05, 3.63) is 23.8 Å². The first-order valence-corrected chi connectivity index (χ1v) is 6.73. The van der Waals surface area contributed by atoms with E-state index in [2.05, 4.69) is 5.32 Å². The van der Waals surface area contributed by atoms with Crippen molar-refractivity contribution >= 4 is 28.1 Å². The van der Waals surface area contributed by atoms with Crippen molar-refractivity contribution in [3.8, 4) is 0 Å². The molecule has 1 aromatic carbocycles. The van der Waals surface area contributed by atoms with Crippen LogP contribution in [0.15, 0.2) is 18.2 Å². The lowest BCUT2D eigenvalue weighted by molar-refractivity contribution is 0.0698. The van der Waals surface area contributed by atoms with Crippen LogP contribution >= 0.6 is 0 Å². The molecule has 0 saturated heterocycles. The molecule has 0 spiro atoms. The number of nitrogen functional groups attached to an aromatic ring is 1. The zero-order valence-corrected chi connectivity index (χ0v) is 10.6. The topological polar surface area (TPSA) is 92.4 Å². The summed E-state index contributed by atoms with van der Waals surface area (Å²) in [7, 11) is -0.959. The number of anilines is 2. The molecule has 0 aromatic heterocycles. The summed E-state index contributed by atoms with van der Waals surface area (Å²) in [6.45, 7) is 2.24. The van der Waals surface area contributed by atoms with E-state index in [-0.39, 0.29) is 10.8 Å². The standard InChI is InChI=1S/C11H16N2O3S/c1-7(17(2)16)6-13-10-8(11(14)15)4-3-5-9(10)12/h3-5,7,13H,6,12H2,1-2H3,(H,14,15). The number of nitrogens with two attached hydrogens (primary N) is 1. The van der Waals surface area contributed by atoms with Crippen molar-refractivity contribution < 1.29 is 14.1 Å². The maximum atomic E-state index is 11.2. The van der Waals surface area contributed by atoms with Gasteiger partial charge in [-0.25, -0.2) is 4.79 Å². The first-order valence-electron chi connectivity index (χ1n) is 5.11. The van der Waals surface area contributed by atoms with Gasteiger partial charge in [-0.05, 0) is 19.1 Å². The van der Waals surface area contributed by atoms with Crippen LogP contribution in [0.3, 0.4) is 0 Å². The van der Waals surface area contributed by atoms with E-state index in [0.29, 0.717) is 17.9 Å². The highest BCUT2D eigenvalue weighted by atomic mass is 32.2. The van der Waals surface area contributed by atoms with Crippen molar-refractivity contribution in [2.24, 2.45) is 0 Å². The van der Waals surface area contributed by atoms with Crippen LogP contribution in [-0.2, 0) is 10.8 Å². The van der Waals surface area contributed by atoms with Crippen LogP contribution in [0, 0.1) is 0 Å². The highest BCUT2D eigenvalue weighted by molar-refractivity contribution is 7.84. The molecule has 0 saturated carbocycles. The Labute approximate surface area is 102 Å². The van der Waals surface area contributed by atoms with E-state index in [1.165, 1.54) is 6.07 Å². The molecule has 0 bridgehead atoms. The Morgan fingerprint density at radius 3 is 2.76 bits per heavy atom. The number of hydrogen-bond donors (Lipinski definition) is 3. The van der Waals surface area contributed by atoms with Crippen molar-refractivity contribution in [2.75, 3.05) is 23.9 Å². The third-order valence-electron chi connectivity index (χ3n) is 2.46. The second kappa shape index (κ2) is 5.67. The summed E-state index contributed by atoms with van der Waals surface area (Å²) in [5.74, 6) is -1.04. The van der Waals surface area contributed by atoms with E-state index in [1.54, 1.807) is 18.4 Å². The van der Waals surface area contributed by atoms with Crippen LogP contribution in [-0.4, -0.2) is 33.3 Å². The number of rotatable bonds is 5. The normalized spacial score (nSPS) is 14.0. The van der Waals surface area contributed by atoms with E-state index in [4.69, 9.17) is 10.8 Å². The zero-order valence-electron chi connectivity index (χ0n) is 9.77. The Morgan fingerprint density at radius 1 is 1.59 bits per heavy atom. The largest absolute Gasteiger partial charge is 0.478 e. The van der Waals surface area contributed by atoms with Crippen LogP contribution in [0.25, 0.3) is 0 Å². The van der Waals surface area contributed by atoms with Crippen molar-refractivity contribution in [2.45, 2.75) is 12.2 Å². The molecule has 4 N–H and O–H groups in total. The monoisotopic (exact) mass is 256 g/mol. The van der Waals surface area contributed by atoms with Gasteiger partial charge in [0.1, 0.15) is 0 Å². The van der Waals surface area contributed by atoms with Crippen LogP contribution in [0.1, 0.15) is 17.3 Å². The number of carboxylic acids is 1. The fourth-order valence-corrected chi connectivity index (χ4v) is 1.63. The number of hydrogen-bond acceptors (Lipinski definition) is 4. The molecule has 0 aliphatic rings. The molecule has 17 heavy (non-hydrogen) atoms. The third-order valence-corrected chi connectivity index (χ3v) is 3.76. The number of nitrogens with one attached hydrogen (secondary N) is 1. The summed E-state index contributed by atoms with van der Waals surface area (Å²) in [6.07, 6.45) is 1.61. The Morgan fingerprint density at radius 2 is 2.24 bits per heavy atom. The van der Waals surface area contributed by atoms with Gasteiger partial charge in [-0.15, -0.1) is 0 Å². The van der Waals surface area contributed by atoms with Crippen LogP contribution in [0.4, 0.5) is 11.4 Å². The average Bonchev–Trinajstić information content (AvgIpc) is 2.26. The van der Waals surface area contributed by atoms with Gasteiger partial charge in [0.15, 0.2) is 0 Å². The maximum absolute atomic E-state index is 11.2. The number of aromatic carboxylic acids is 1. The first kappa shape index (κ1) is 13.5. The van der Waals surface area contributed by atoms with Gasteiger partial charge in [-0.3, -0.25) is 4.21 Å². The summed E-state index contributed by atoms with van der Waals surface area (Å²) in [5, 5.41) is 11.9. The van der Waals surface area contributed by atoms with Gasteiger partial charge < -0.3 is 16.2 Å². The molecule has 6 heteroatoms. The Hall–Kier alpha value is -1.56. The van der Waals surface area contributed by atoms with Crippen LogP contribution in [0.2, 0.25) is 0 Å². The molecule has 0 amide bonds. The Kier molecular flexibility index (Phi) is 4.51. The number of benzene rings is 1. The van der Waals surface area contributed by atoms with Gasteiger partial charge in [-0.1, -0.05) is 6.07 Å². The SMILES string of the molecule is CC(CNc1c(N)cccc1C(=O)O)S(C)=O. The Balaban J connectivity index is 2.90. The van der Waals surface area contributed by atoms with E-state index in [0.717, 1.165) is 0 Å². The fraction of sp³-hybridized carbons (Fsp3) is 0.364. The molecule has 1 rings (SSSR count). The quantitative estimate of drug-likeness (QED) is 0.687. The van der Waals surface area contributed by atoms with Crippen molar-refractivity contribution in [1.82, 2.24) is 0 Å².